The van der Waals surface area contributed by atoms with Crippen molar-refractivity contribution in [3.05, 3.63) is 70.3 Å². The number of phenols is 1. The van der Waals surface area contributed by atoms with Crippen LogP contribution in [0.5, 0.6) is 11.5 Å². The number of ether oxygens (including phenoxy) is 1. The molecular formula is C26H30O3. The molecular weight excluding hydrogens is 360 g/mol. The molecule has 0 heterocycles. The van der Waals surface area contributed by atoms with E-state index < -0.39 is 0 Å². The molecule has 0 bridgehead atoms. The Labute approximate surface area is 173 Å². The summed E-state index contributed by atoms with van der Waals surface area (Å²) in [5.41, 5.74) is 6.45. The molecule has 3 nitrogen and oxygen atoms in total. The second-order valence-electron chi connectivity index (χ2n) is 9.16. The lowest BCUT2D eigenvalue weighted by Gasteiger charge is -2.21. The van der Waals surface area contributed by atoms with Crippen LogP contribution in [0.3, 0.4) is 0 Å². The number of carbonyl (C=O) groups excluding carboxylic acids is 1. The molecule has 0 radical (unpaired) electrons. The summed E-state index contributed by atoms with van der Waals surface area (Å²) in [5.74, 6) is 0.665. The third-order valence-corrected chi connectivity index (χ3v) is 5.43. The zero-order valence-corrected chi connectivity index (χ0v) is 18.4. The summed E-state index contributed by atoms with van der Waals surface area (Å²) in [5, 5.41) is 10.2. The second-order valence-corrected chi connectivity index (χ2v) is 9.16. The van der Waals surface area contributed by atoms with Gasteiger partial charge < -0.3 is 9.84 Å². The maximum atomic E-state index is 13.1. The van der Waals surface area contributed by atoms with Crippen LogP contribution < -0.4 is 4.74 Å². The quantitative estimate of drug-likeness (QED) is 0.397. The van der Waals surface area contributed by atoms with Gasteiger partial charge in [-0.2, -0.15) is 0 Å². The number of hydrogen-bond acceptors (Lipinski definition) is 3. The Morgan fingerprint density at radius 3 is 2.28 bits per heavy atom. The highest BCUT2D eigenvalue weighted by atomic mass is 16.5. The van der Waals surface area contributed by atoms with Gasteiger partial charge in [0, 0.05) is 5.56 Å². The Kier molecular flexibility index (Phi) is 5.44. The van der Waals surface area contributed by atoms with Crippen LogP contribution in [0, 0.1) is 13.8 Å². The highest BCUT2D eigenvalue weighted by molar-refractivity contribution is 6.02. The topological polar surface area (TPSA) is 46.5 Å². The molecule has 3 rings (SSSR count). The van der Waals surface area contributed by atoms with E-state index in [9.17, 15) is 9.90 Å². The highest BCUT2D eigenvalue weighted by Crippen LogP contribution is 2.38. The second kappa shape index (κ2) is 7.55. The molecule has 2 aliphatic carbocycles. The first-order valence-electron chi connectivity index (χ1n) is 10.1. The first kappa shape index (κ1) is 20.9. The SMILES string of the molecule is Cc1cc(C(=O)Oc2ccc(O)c(C(C)(C)C)c2)c2c(C)ccc(C(C)C)cc1-2. The van der Waals surface area contributed by atoms with Crippen LogP contribution in [-0.4, -0.2) is 11.1 Å². The first-order chi connectivity index (χ1) is 13.5. The normalized spacial score (nSPS) is 11.9. The maximum Gasteiger partial charge on any atom is 0.344 e. The van der Waals surface area contributed by atoms with Crippen molar-refractivity contribution < 1.29 is 14.6 Å². The maximum absolute atomic E-state index is 13.1. The van der Waals surface area contributed by atoms with Crippen LogP contribution in [0.25, 0.3) is 11.1 Å². The number of fused-ring (bicyclic) bond motifs is 1. The highest BCUT2D eigenvalue weighted by Gasteiger charge is 2.24. The van der Waals surface area contributed by atoms with Crippen LogP contribution in [0.15, 0.2) is 42.5 Å². The average molecular weight is 391 g/mol. The molecule has 1 aromatic rings. The lowest BCUT2D eigenvalue weighted by atomic mass is 9.86. The molecule has 0 unspecified atom stereocenters. The van der Waals surface area contributed by atoms with Gasteiger partial charge in [-0.1, -0.05) is 52.8 Å². The van der Waals surface area contributed by atoms with Crippen molar-refractivity contribution in [1.29, 1.82) is 0 Å². The van der Waals surface area contributed by atoms with Gasteiger partial charge >= 0.3 is 5.97 Å². The smallest absolute Gasteiger partial charge is 0.344 e. The summed E-state index contributed by atoms with van der Waals surface area (Å²) < 4.78 is 5.73. The molecule has 0 spiro atoms. The van der Waals surface area contributed by atoms with Gasteiger partial charge in [0.05, 0.1) is 5.56 Å². The van der Waals surface area contributed by atoms with E-state index in [0.29, 0.717) is 17.2 Å². The van der Waals surface area contributed by atoms with Crippen molar-refractivity contribution in [3.8, 4) is 22.6 Å². The zero-order valence-electron chi connectivity index (χ0n) is 18.4. The van der Waals surface area contributed by atoms with Crippen LogP contribution in [0.4, 0.5) is 0 Å². The summed E-state index contributed by atoms with van der Waals surface area (Å²) in [4.78, 5) is 13.1. The largest absolute Gasteiger partial charge is 0.508 e. The van der Waals surface area contributed by atoms with E-state index in [2.05, 4.69) is 32.0 Å². The third kappa shape index (κ3) is 4.14. The van der Waals surface area contributed by atoms with Gasteiger partial charge in [-0.3, -0.25) is 0 Å². The standard InChI is InChI=1S/C26H30O3/c1-15(2)18-9-8-16(3)24-20(13-18)17(4)12-21(24)25(28)29-19-10-11-23(27)22(14-19)26(5,6)7/h8-15,27H,1-7H3. The molecule has 0 saturated carbocycles. The summed E-state index contributed by atoms with van der Waals surface area (Å²) >= 11 is 0. The lowest BCUT2D eigenvalue weighted by molar-refractivity contribution is 0.0735. The summed E-state index contributed by atoms with van der Waals surface area (Å²) in [6, 6.07) is 13.2. The van der Waals surface area contributed by atoms with E-state index in [1.54, 1.807) is 18.2 Å². The van der Waals surface area contributed by atoms with Gasteiger partial charge in [-0.15, -0.1) is 0 Å². The zero-order chi connectivity index (χ0) is 21.5. The molecule has 0 amide bonds. The summed E-state index contributed by atoms with van der Waals surface area (Å²) in [6.45, 7) is 14.4. The molecule has 29 heavy (non-hydrogen) atoms. The predicted octanol–water partition coefficient (Wildman–Crippen LogP) is 6.75. The van der Waals surface area contributed by atoms with Crippen LogP contribution in [0.1, 0.15) is 73.1 Å². The van der Waals surface area contributed by atoms with Crippen LogP contribution >= 0.6 is 0 Å². The minimum atomic E-state index is -0.381. The van der Waals surface area contributed by atoms with Crippen LogP contribution in [-0.2, 0) is 5.41 Å². The van der Waals surface area contributed by atoms with Gasteiger partial charge in [0.15, 0.2) is 0 Å². The molecule has 1 N–H and O–H groups in total. The molecule has 0 fully saturated rings. The Balaban J connectivity index is 2.02. The van der Waals surface area contributed by atoms with Gasteiger partial charge in [0.25, 0.3) is 0 Å². The fraction of sp³-hybridized carbons (Fsp3) is 0.346. The fourth-order valence-corrected chi connectivity index (χ4v) is 3.70. The van der Waals surface area contributed by atoms with Gasteiger partial charge in [-0.05, 0) is 77.3 Å². The molecule has 1 aromatic carbocycles. The van der Waals surface area contributed by atoms with Crippen molar-refractivity contribution >= 4 is 5.97 Å². The van der Waals surface area contributed by atoms with Crippen molar-refractivity contribution in [2.45, 2.75) is 59.8 Å². The van der Waals surface area contributed by atoms with Crippen molar-refractivity contribution in [3.63, 3.8) is 0 Å². The van der Waals surface area contributed by atoms with Gasteiger partial charge in [0.2, 0.25) is 0 Å². The Morgan fingerprint density at radius 1 is 0.966 bits per heavy atom. The van der Waals surface area contributed by atoms with E-state index in [-0.39, 0.29) is 17.1 Å². The molecule has 0 atom stereocenters. The molecule has 0 aromatic heterocycles. The number of benzene rings is 1. The van der Waals surface area contributed by atoms with Crippen molar-refractivity contribution in [2.24, 2.45) is 0 Å². The van der Waals surface area contributed by atoms with Gasteiger partial charge in [-0.25, -0.2) is 4.79 Å². The van der Waals surface area contributed by atoms with E-state index in [1.165, 1.54) is 5.56 Å². The number of hydrogen-bond donors (Lipinski definition) is 1. The number of rotatable bonds is 3. The Bertz CT molecular complexity index is 1040. The number of phenolic OH excluding ortho intramolecular Hbond substituents is 1. The predicted molar refractivity (Wildman–Crippen MR) is 118 cm³/mol. The number of esters is 1. The van der Waals surface area contributed by atoms with Crippen molar-refractivity contribution in [2.75, 3.05) is 0 Å². The summed E-state index contributed by atoms with van der Waals surface area (Å²) in [6.07, 6.45) is 0. The fourth-order valence-electron chi connectivity index (χ4n) is 3.70. The van der Waals surface area contributed by atoms with E-state index in [0.717, 1.165) is 27.8 Å². The van der Waals surface area contributed by atoms with Gasteiger partial charge in [0.1, 0.15) is 11.5 Å². The number of aryl methyl sites for hydroxylation is 2. The Morgan fingerprint density at radius 2 is 1.66 bits per heavy atom. The molecule has 0 aliphatic heterocycles. The minimum absolute atomic E-state index is 0.205. The average Bonchev–Trinajstić information content (AvgIpc) is 2.84. The summed E-state index contributed by atoms with van der Waals surface area (Å²) in [7, 11) is 0. The van der Waals surface area contributed by atoms with Crippen LogP contribution in [0.2, 0.25) is 0 Å². The third-order valence-electron chi connectivity index (χ3n) is 5.43. The van der Waals surface area contributed by atoms with E-state index >= 15 is 0 Å². The molecule has 3 heteroatoms. The number of aromatic hydroxyl groups is 1. The minimum Gasteiger partial charge on any atom is -0.508 e. The molecule has 0 saturated heterocycles. The van der Waals surface area contributed by atoms with Crippen molar-refractivity contribution in [1.82, 2.24) is 0 Å². The van der Waals surface area contributed by atoms with E-state index in [4.69, 9.17) is 4.74 Å². The molecule has 2 aliphatic rings. The molecule has 152 valence electrons. The van der Waals surface area contributed by atoms with E-state index in [1.807, 2.05) is 40.7 Å². The lowest BCUT2D eigenvalue weighted by Crippen LogP contribution is -2.13. The first-order valence-corrected chi connectivity index (χ1v) is 10.1. The monoisotopic (exact) mass is 390 g/mol. The number of carbonyl (C=O) groups is 1. The Hall–Kier alpha value is -2.81.